The molecule has 0 fully saturated rings. The fourth-order valence-corrected chi connectivity index (χ4v) is 3.09. The van der Waals surface area contributed by atoms with Crippen molar-refractivity contribution in [2.24, 2.45) is 7.05 Å². The number of nitrogens with zero attached hydrogens (tertiary/aromatic N) is 1. The van der Waals surface area contributed by atoms with Crippen molar-refractivity contribution in [1.82, 2.24) is 0 Å². The molecule has 2 heterocycles. The summed E-state index contributed by atoms with van der Waals surface area (Å²) in [5.74, 6) is 1.05. The predicted molar refractivity (Wildman–Crippen MR) is 85.5 cm³/mol. The Morgan fingerprint density at radius 2 is 1.71 bits per heavy atom. The van der Waals surface area contributed by atoms with Crippen LogP contribution in [0.3, 0.4) is 0 Å². The number of benzene rings is 1. The van der Waals surface area contributed by atoms with Gasteiger partial charge in [0.05, 0.1) is 5.56 Å². The molecule has 0 saturated heterocycles. The summed E-state index contributed by atoms with van der Waals surface area (Å²) >= 11 is 0. The van der Waals surface area contributed by atoms with Crippen molar-refractivity contribution in [2.75, 3.05) is 0 Å². The van der Waals surface area contributed by atoms with Crippen LogP contribution in [0.2, 0.25) is 0 Å². The number of rotatable bonds is 1. The zero-order chi connectivity index (χ0) is 15.4. The summed E-state index contributed by atoms with van der Waals surface area (Å²) in [5, 5.41) is 0. The van der Waals surface area contributed by atoms with E-state index in [9.17, 15) is 0 Å². The molecule has 1 aromatic carbocycles. The zero-order valence-electron chi connectivity index (χ0n) is 13.8. The highest BCUT2D eigenvalue weighted by Crippen LogP contribution is 2.52. The van der Waals surface area contributed by atoms with Crippen LogP contribution in [0, 0.1) is 6.92 Å². The Kier molecular flexibility index (Phi) is 2.91. The molecule has 0 spiro atoms. The van der Waals surface area contributed by atoms with Crippen molar-refractivity contribution in [3.63, 3.8) is 0 Å². The number of aromatic nitrogens is 1. The fraction of sp³-hybridized carbons (Fsp3) is 0.421. The molecule has 1 aliphatic rings. The number of hydrogen-bond acceptors (Lipinski definition) is 1. The van der Waals surface area contributed by atoms with Gasteiger partial charge >= 0.3 is 0 Å². The Labute approximate surface area is 127 Å². The van der Waals surface area contributed by atoms with Gasteiger partial charge in [-0.05, 0) is 32.4 Å². The molecular formula is C19H24NO+. The number of aryl methyl sites for hydroxylation is 2. The van der Waals surface area contributed by atoms with Crippen LogP contribution in [-0.4, -0.2) is 5.60 Å². The minimum absolute atomic E-state index is 0.00185. The first-order chi connectivity index (χ1) is 9.75. The molecule has 110 valence electrons. The lowest BCUT2D eigenvalue weighted by molar-refractivity contribution is -0.660. The van der Waals surface area contributed by atoms with E-state index in [4.69, 9.17) is 4.74 Å². The normalized spacial score (nSPS) is 18.2. The van der Waals surface area contributed by atoms with E-state index in [0.717, 1.165) is 5.75 Å². The minimum atomic E-state index is -0.203. The Morgan fingerprint density at radius 3 is 2.38 bits per heavy atom. The smallest absolute Gasteiger partial charge is 0.216 e. The third kappa shape index (κ3) is 1.89. The van der Waals surface area contributed by atoms with E-state index in [1.807, 2.05) is 0 Å². The largest absolute Gasteiger partial charge is 0.486 e. The van der Waals surface area contributed by atoms with Gasteiger partial charge in [-0.1, -0.05) is 26.0 Å². The third-order valence-corrected chi connectivity index (χ3v) is 5.21. The van der Waals surface area contributed by atoms with E-state index < -0.39 is 0 Å². The molecule has 1 aliphatic heterocycles. The van der Waals surface area contributed by atoms with Crippen LogP contribution in [0.25, 0.3) is 11.3 Å². The van der Waals surface area contributed by atoms with Gasteiger partial charge in [-0.25, -0.2) is 4.57 Å². The number of hydrogen-bond donors (Lipinski definition) is 0. The molecule has 2 aromatic rings. The van der Waals surface area contributed by atoms with Crippen LogP contribution in [-0.2, 0) is 12.5 Å². The topological polar surface area (TPSA) is 13.1 Å². The minimum Gasteiger partial charge on any atom is -0.486 e. The molecule has 1 aromatic heterocycles. The number of fused-ring (bicyclic) bond motifs is 1. The molecule has 0 atom stereocenters. The van der Waals surface area contributed by atoms with Crippen LogP contribution < -0.4 is 9.30 Å². The van der Waals surface area contributed by atoms with Crippen LogP contribution in [0.4, 0.5) is 0 Å². The SMILES string of the molecule is Cc1ccc2c(c1-c1cccc[n+]1C)OC(C)(C)C2(C)C. The van der Waals surface area contributed by atoms with Crippen LogP contribution in [0.1, 0.15) is 38.8 Å². The van der Waals surface area contributed by atoms with E-state index >= 15 is 0 Å². The second-order valence-electron chi connectivity index (χ2n) is 7.07. The van der Waals surface area contributed by atoms with Gasteiger partial charge in [0.15, 0.2) is 6.20 Å². The first-order valence-corrected chi connectivity index (χ1v) is 7.54. The van der Waals surface area contributed by atoms with E-state index in [0.29, 0.717) is 0 Å². The second kappa shape index (κ2) is 4.33. The van der Waals surface area contributed by atoms with Gasteiger partial charge in [0.2, 0.25) is 5.69 Å². The molecule has 3 rings (SSSR count). The van der Waals surface area contributed by atoms with Gasteiger partial charge in [0.1, 0.15) is 18.4 Å². The monoisotopic (exact) mass is 282 g/mol. The van der Waals surface area contributed by atoms with Crippen LogP contribution in [0.15, 0.2) is 36.5 Å². The van der Waals surface area contributed by atoms with Gasteiger partial charge in [-0.3, -0.25) is 0 Å². The second-order valence-corrected chi connectivity index (χ2v) is 7.07. The quantitative estimate of drug-likeness (QED) is 0.722. The third-order valence-electron chi connectivity index (χ3n) is 5.21. The Bertz CT molecular complexity index is 714. The van der Waals surface area contributed by atoms with E-state index in [1.165, 1.54) is 22.4 Å². The van der Waals surface area contributed by atoms with Crippen LogP contribution in [0.5, 0.6) is 5.75 Å². The van der Waals surface area contributed by atoms with Gasteiger partial charge in [0.25, 0.3) is 0 Å². The lowest BCUT2D eigenvalue weighted by atomic mass is 9.73. The van der Waals surface area contributed by atoms with E-state index in [-0.39, 0.29) is 11.0 Å². The molecule has 0 aliphatic carbocycles. The summed E-state index contributed by atoms with van der Waals surface area (Å²) in [4.78, 5) is 0. The molecule has 0 saturated carbocycles. The maximum absolute atomic E-state index is 6.42. The zero-order valence-corrected chi connectivity index (χ0v) is 13.8. The first kappa shape index (κ1) is 14.1. The van der Waals surface area contributed by atoms with Crippen LogP contribution >= 0.6 is 0 Å². The highest BCUT2D eigenvalue weighted by atomic mass is 16.5. The van der Waals surface area contributed by atoms with E-state index in [2.05, 4.69) is 82.8 Å². The summed E-state index contributed by atoms with van der Waals surface area (Å²) in [6.07, 6.45) is 2.08. The van der Waals surface area contributed by atoms with Gasteiger partial charge in [-0.2, -0.15) is 0 Å². The predicted octanol–water partition coefficient (Wildman–Crippen LogP) is 3.94. The Morgan fingerprint density at radius 1 is 1.00 bits per heavy atom. The Balaban J connectivity index is 2.32. The lowest BCUT2D eigenvalue weighted by Crippen LogP contribution is -2.41. The van der Waals surface area contributed by atoms with Crippen molar-refractivity contribution < 1.29 is 9.30 Å². The molecule has 0 N–H and O–H groups in total. The standard InChI is InChI=1S/C19H24NO/c1-13-10-11-14-17(21-19(4,5)18(14,2)3)16(13)15-9-7-8-12-20(15)6/h7-12H,1-6H3/q+1. The summed E-state index contributed by atoms with van der Waals surface area (Å²) in [7, 11) is 2.08. The van der Waals surface area contributed by atoms with Gasteiger partial charge in [-0.15, -0.1) is 0 Å². The number of pyridine rings is 1. The number of ether oxygens (including phenoxy) is 1. The fourth-order valence-electron chi connectivity index (χ4n) is 3.09. The molecular weight excluding hydrogens is 258 g/mol. The molecule has 2 heteroatoms. The average Bonchev–Trinajstić information content (AvgIpc) is 2.57. The van der Waals surface area contributed by atoms with Crippen molar-refractivity contribution >= 4 is 0 Å². The molecule has 2 nitrogen and oxygen atoms in total. The van der Waals surface area contributed by atoms with Gasteiger partial charge < -0.3 is 4.74 Å². The Hall–Kier alpha value is -1.83. The van der Waals surface area contributed by atoms with Crippen molar-refractivity contribution in [1.29, 1.82) is 0 Å². The maximum Gasteiger partial charge on any atom is 0.216 e. The summed E-state index contributed by atoms with van der Waals surface area (Å²) < 4.78 is 8.57. The van der Waals surface area contributed by atoms with Crippen molar-refractivity contribution in [3.8, 4) is 17.0 Å². The molecule has 0 bridgehead atoms. The van der Waals surface area contributed by atoms with Crippen molar-refractivity contribution in [3.05, 3.63) is 47.7 Å². The van der Waals surface area contributed by atoms with E-state index in [1.54, 1.807) is 0 Å². The van der Waals surface area contributed by atoms with Crippen molar-refractivity contribution in [2.45, 2.75) is 45.6 Å². The first-order valence-electron chi connectivity index (χ1n) is 7.54. The molecule has 21 heavy (non-hydrogen) atoms. The summed E-state index contributed by atoms with van der Waals surface area (Å²) in [6, 6.07) is 10.7. The molecule has 0 amide bonds. The lowest BCUT2D eigenvalue weighted by Gasteiger charge is -2.33. The molecule has 0 unspecified atom stereocenters. The molecule has 0 radical (unpaired) electrons. The average molecular weight is 282 g/mol. The maximum atomic E-state index is 6.42. The highest BCUT2D eigenvalue weighted by molar-refractivity contribution is 5.73. The highest BCUT2D eigenvalue weighted by Gasteiger charge is 2.49. The van der Waals surface area contributed by atoms with Gasteiger partial charge in [0, 0.05) is 23.1 Å². The summed E-state index contributed by atoms with van der Waals surface area (Å²) in [6.45, 7) is 11.0. The summed E-state index contributed by atoms with van der Waals surface area (Å²) in [5.41, 5.74) is 4.76.